The van der Waals surface area contributed by atoms with Crippen molar-refractivity contribution in [2.45, 2.75) is 47.0 Å². The summed E-state index contributed by atoms with van der Waals surface area (Å²) in [6, 6.07) is 7.53. The number of hydrogen-bond acceptors (Lipinski definition) is 9. The summed E-state index contributed by atoms with van der Waals surface area (Å²) in [6.45, 7) is 9.56. The molecule has 0 bridgehead atoms. The first-order valence-electron chi connectivity index (χ1n) is 11.5. The van der Waals surface area contributed by atoms with Gasteiger partial charge in [-0.15, -0.1) is 11.3 Å². The predicted octanol–water partition coefficient (Wildman–Crippen LogP) is 4.28. The third-order valence-electron chi connectivity index (χ3n) is 5.40. The van der Waals surface area contributed by atoms with Crippen molar-refractivity contribution in [1.29, 1.82) is 0 Å². The first-order chi connectivity index (χ1) is 16.8. The van der Waals surface area contributed by atoms with Crippen LogP contribution in [0.15, 0.2) is 52.2 Å². The first kappa shape index (κ1) is 26.2. The topological polar surface area (TPSA) is 104 Å². The van der Waals surface area contributed by atoms with Crippen molar-refractivity contribution in [3.05, 3.63) is 63.4 Å². The number of esters is 3. The summed E-state index contributed by atoms with van der Waals surface area (Å²) in [4.78, 5) is 42.4. The highest BCUT2D eigenvalue weighted by molar-refractivity contribution is 7.13. The van der Waals surface area contributed by atoms with Crippen LogP contribution >= 0.6 is 11.3 Å². The van der Waals surface area contributed by atoms with Crippen molar-refractivity contribution < 1.29 is 28.6 Å². The van der Waals surface area contributed by atoms with Gasteiger partial charge in [-0.05, 0) is 46.2 Å². The molecule has 35 heavy (non-hydrogen) atoms. The Labute approximate surface area is 209 Å². The third kappa shape index (κ3) is 5.97. The van der Waals surface area contributed by atoms with Gasteiger partial charge in [-0.1, -0.05) is 18.2 Å². The standard InChI is InChI=1S/C26H30N2O6S/c1-6-32-20(29)13-19-14-35-24(28-19)18-11-9-10-17(12-18)23-21(25(30)33-7-2)15(4)27-16(5)22(23)26(31)34-8-3/h9-12,14,23,27H,6-8,13H2,1-5H3. The number of carbonyl (C=O) groups is 3. The van der Waals surface area contributed by atoms with E-state index in [1.807, 2.05) is 29.6 Å². The lowest BCUT2D eigenvalue weighted by Gasteiger charge is -2.30. The van der Waals surface area contributed by atoms with Crippen LogP contribution in [0.1, 0.15) is 51.8 Å². The van der Waals surface area contributed by atoms with Gasteiger partial charge in [0.1, 0.15) is 5.01 Å². The Morgan fingerprint density at radius 3 is 2.11 bits per heavy atom. The quantitative estimate of drug-likeness (QED) is 0.404. The zero-order chi connectivity index (χ0) is 25.5. The number of rotatable bonds is 9. The van der Waals surface area contributed by atoms with Crippen molar-refractivity contribution in [3.8, 4) is 10.6 Å². The Kier molecular flexibility index (Phi) is 8.81. The summed E-state index contributed by atoms with van der Waals surface area (Å²) in [5.41, 5.74) is 4.13. The molecule has 0 fully saturated rings. The minimum atomic E-state index is -0.673. The minimum Gasteiger partial charge on any atom is -0.466 e. The number of aromatic nitrogens is 1. The van der Waals surface area contributed by atoms with E-state index in [0.717, 1.165) is 16.1 Å². The van der Waals surface area contributed by atoms with E-state index in [1.54, 1.807) is 34.6 Å². The van der Waals surface area contributed by atoms with Gasteiger partial charge in [0.05, 0.1) is 49.0 Å². The molecule has 0 atom stereocenters. The van der Waals surface area contributed by atoms with Gasteiger partial charge in [0.2, 0.25) is 0 Å². The van der Waals surface area contributed by atoms with Crippen LogP contribution in [-0.4, -0.2) is 42.7 Å². The SMILES string of the molecule is CCOC(=O)Cc1csc(-c2cccc(C3C(C(=O)OCC)=C(C)NC(C)=C3C(=O)OCC)c2)n1. The highest BCUT2D eigenvalue weighted by Gasteiger charge is 2.38. The van der Waals surface area contributed by atoms with Crippen LogP contribution in [-0.2, 0) is 35.0 Å². The molecule has 2 heterocycles. The van der Waals surface area contributed by atoms with E-state index in [0.29, 0.717) is 34.8 Å². The van der Waals surface area contributed by atoms with Crippen molar-refractivity contribution in [2.75, 3.05) is 19.8 Å². The molecule has 9 heteroatoms. The lowest BCUT2D eigenvalue weighted by atomic mass is 9.80. The Bertz CT molecular complexity index is 1140. The number of allylic oxidation sites excluding steroid dienone is 2. The molecule has 0 spiro atoms. The van der Waals surface area contributed by atoms with Gasteiger partial charge in [-0.2, -0.15) is 0 Å². The second kappa shape index (κ2) is 11.8. The molecule has 2 aromatic rings. The summed E-state index contributed by atoms with van der Waals surface area (Å²) in [5, 5.41) is 5.68. The fraction of sp³-hybridized carbons (Fsp3) is 0.385. The fourth-order valence-electron chi connectivity index (χ4n) is 4.02. The van der Waals surface area contributed by atoms with Crippen molar-refractivity contribution in [1.82, 2.24) is 10.3 Å². The number of benzene rings is 1. The van der Waals surface area contributed by atoms with Gasteiger partial charge < -0.3 is 19.5 Å². The number of nitrogens with one attached hydrogen (secondary N) is 1. The molecule has 0 amide bonds. The van der Waals surface area contributed by atoms with E-state index in [9.17, 15) is 14.4 Å². The average molecular weight is 499 g/mol. The van der Waals surface area contributed by atoms with E-state index in [1.165, 1.54) is 11.3 Å². The zero-order valence-corrected chi connectivity index (χ0v) is 21.4. The average Bonchev–Trinajstić information content (AvgIpc) is 3.27. The Balaban J connectivity index is 2.05. The molecule has 1 N–H and O–H groups in total. The second-order valence-electron chi connectivity index (χ2n) is 7.83. The number of ether oxygens (including phenoxy) is 3. The van der Waals surface area contributed by atoms with E-state index < -0.39 is 17.9 Å². The van der Waals surface area contributed by atoms with E-state index in [4.69, 9.17) is 14.2 Å². The summed E-state index contributed by atoms with van der Waals surface area (Å²) in [7, 11) is 0. The number of carbonyl (C=O) groups excluding carboxylic acids is 3. The van der Waals surface area contributed by atoms with E-state index in [2.05, 4.69) is 10.3 Å². The van der Waals surface area contributed by atoms with Gasteiger partial charge in [0.25, 0.3) is 0 Å². The predicted molar refractivity (Wildman–Crippen MR) is 132 cm³/mol. The maximum atomic E-state index is 13.0. The van der Waals surface area contributed by atoms with Gasteiger partial charge in [-0.25, -0.2) is 14.6 Å². The summed E-state index contributed by atoms with van der Waals surface area (Å²) < 4.78 is 15.7. The van der Waals surface area contributed by atoms with Gasteiger partial charge in [0.15, 0.2) is 0 Å². The minimum absolute atomic E-state index is 0.0994. The van der Waals surface area contributed by atoms with Crippen molar-refractivity contribution in [3.63, 3.8) is 0 Å². The fourth-order valence-corrected chi connectivity index (χ4v) is 4.83. The zero-order valence-electron chi connectivity index (χ0n) is 20.6. The molecule has 0 saturated carbocycles. The van der Waals surface area contributed by atoms with Crippen molar-refractivity contribution in [2.24, 2.45) is 0 Å². The van der Waals surface area contributed by atoms with Crippen LogP contribution in [0.5, 0.6) is 0 Å². The summed E-state index contributed by atoms with van der Waals surface area (Å²) in [5.74, 6) is -1.98. The molecule has 8 nitrogen and oxygen atoms in total. The Morgan fingerprint density at radius 1 is 0.943 bits per heavy atom. The Hall–Kier alpha value is -3.46. The second-order valence-corrected chi connectivity index (χ2v) is 8.69. The smallest absolute Gasteiger partial charge is 0.336 e. The number of thiazole rings is 1. The largest absolute Gasteiger partial charge is 0.466 e. The van der Waals surface area contributed by atoms with Crippen LogP contribution in [0, 0.1) is 0 Å². The highest BCUT2D eigenvalue weighted by atomic mass is 32.1. The molecule has 1 aliphatic rings. The van der Waals surface area contributed by atoms with Gasteiger partial charge in [0, 0.05) is 22.3 Å². The van der Waals surface area contributed by atoms with Crippen LogP contribution in [0.25, 0.3) is 10.6 Å². The molecule has 0 saturated heterocycles. The molecule has 1 aromatic heterocycles. The van der Waals surface area contributed by atoms with Crippen molar-refractivity contribution >= 4 is 29.2 Å². The van der Waals surface area contributed by atoms with E-state index in [-0.39, 0.29) is 25.6 Å². The molecular formula is C26H30N2O6S. The van der Waals surface area contributed by atoms with Gasteiger partial charge >= 0.3 is 17.9 Å². The molecular weight excluding hydrogens is 468 g/mol. The Morgan fingerprint density at radius 2 is 1.54 bits per heavy atom. The molecule has 3 rings (SSSR count). The monoisotopic (exact) mass is 498 g/mol. The molecule has 0 aliphatic carbocycles. The van der Waals surface area contributed by atoms with E-state index >= 15 is 0 Å². The molecule has 1 aromatic carbocycles. The molecule has 0 radical (unpaired) electrons. The normalized spacial score (nSPS) is 14.0. The number of nitrogens with zero attached hydrogens (tertiary/aromatic N) is 1. The highest BCUT2D eigenvalue weighted by Crippen LogP contribution is 2.40. The molecule has 1 aliphatic heterocycles. The lowest BCUT2D eigenvalue weighted by molar-refractivity contribution is -0.142. The van der Waals surface area contributed by atoms with Crippen LogP contribution in [0.4, 0.5) is 0 Å². The summed E-state index contributed by atoms with van der Waals surface area (Å²) in [6.07, 6.45) is 0.0994. The van der Waals surface area contributed by atoms with Crippen LogP contribution in [0.2, 0.25) is 0 Å². The first-order valence-corrected chi connectivity index (χ1v) is 12.4. The maximum Gasteiger partial charge on any atom is 0.336 e. The lowest BCUT2D eigenvalue weighted by Crippen LogP contribution is -2.32. The molecule has 0 unspecified atom stereocenters. The van der Waals surface area contributed by atoms with Crippen LogP contribution < -0.4 is 5.32 Å². The summed E-state index contributed by atoms with van der Waals surface area (Å²) >= 11 is 1.41. The van der Waals surface area contributed by atoms with Crippen LogP contribution in [0.3, 0.4) is 0 Å². The third-order valence-corrected chi connectivity index (χ3v) is 6.34. The maximum absolute atomic E-state index is 13.0. The molecule has 186 valence electrons. The number of hydrogen-bond donors (Lipinski definition) is 1. The number of dihydropyridines is 1. The van der Waals surface area contributed by atoms with Gasteiger partial charge in [-0.3, -0.25) is 4.79 Å².